The fourth-order valence-electron chi connectivity index (χ4n) is 1.48. The Morgan fingerprint density at radius 3 is 2.50 bits per heavy atom. The molecule has 1 aromatic heterocycles. The molecule has 16 heavy (non-hydrogen) atoms. The smallest absolute Gasteiger partial charge is 0.237 e. The maximum Gasteiger partial charge on any atom is 0.237 e. The van der Waals surface area contributed by atoms with Crippen LogP contribution in [0.15, 0.2) is 30.6 Å². The first-order valence-corrected chi connectivity index (χ1v) is 4.97. The Morgan fingerprint density at radius 2 is 1.88 bits per heavy atom. The predicted molar refractivity (Wildman–Crippen MR) is 67.1 cm³/mol. The Bertz CT molecular complexity index is 511. The molecule has 0 atom stereocenters. The van der Waals surface area contributed by atoms with Crippen LogP contribution in [-0.4, -0.2) is 15.5 Å². The van der Waals surface area contributed by atoms with E-state index in [2.05, 4.69) is 4.98 Å². The van der Waals surface area contributed by atoms with E-state index in [-0.39, 0.29) is 23.7 Å². The number of rotatable bonds is 0. The van der Waals surface area contributed by atoms with Crippen molar-refractivity contribution in [3.63, 3.8) is 0 Å². The molecule has 0 N–H and O–H groups in total. The minimum atomic E-state index is -0.385. The summed E-state index contributed by atoms with van der Waals surface area (Å²) in [5, 5.41) is 0. The highest BCUT2D eigenvalue weighted by atomic mass is 35.5. The summed E-state index contributed by atoms with van der Waals surface area (Å²) < 4.78 is 1.62. The van der Waals surface area contributed by atoms with E-state index in [1.165, 1.54) is 0 Å². The van der Waals surface area contributed by atoms with Crippen molar-refractivity contribution in [2.45, 2.75) is 20.8 Å². The van der Waals surface area contributed by atoms with Crippen LogP contribution >= 0.6 is 12.4 Å². The summed E-state index contributed by atoms with van der Waals surface area (Å²) in [5.74, 6) is 0.0659. The molecule has 0 fully saturated rings. The van der Waals surface area contributed by atoms with E-state index in [1.807, 2.05) is 45.0 Å². The standard InChI is InChI=1S/C12H14N2O.ClH/c1-12(2,3)11(15)14-8-13-9-6-4-5-7-10(9)14;/h4-8H,1-3H3;1H. The molecule has 0 radical (unpaired) electrons. The molecule has 0 saturated heterocycles. The van der Waals surface area contributed by atoms with E-state index in [9.17, 15) is 4.79 Å². The van der Waals surface area contributed by atoms with Gasteiger partial charge in [-0.25, -0.2) is 4.98 Å². The summed E-state index contributed by atoms with van der Waals surface area (Å²) in [6, 6.07) is 7.64. The molecule has 1 aromatic carbocycles. The van der Waals surface area contributed by atoms with Gasteiger partial charge in [0.1, 0.15) is 6.33 Å². The molecular weight excluding hydrogens is 224 g/mol. The van der Waals surface area contributed by atoms with Crippen molar-refractivity contribution in [3.05, 3.63) is 30.6 Å². The first kappa shape index (κ1) is 12.7. The molecule has 0 aliphatic rings. The summed E-state index contributed by atoms with van der Waals surface area (Å²) in [4.78, 5) is 16.3. The zero-order valence-corrected chi connectivity index (χ0v) is 10.4. The molecule has 0 aliphatic carbocycles. The zero-order valence-electron chi connectivity index (χ0n) is 9.60. The first-order chi connectivity index (χ1) is 7.00. The summed E-state index contributed by atoms with van der Waals surface area (Å²) in [7, 11) is 0. The normalized spacial score (nSPS) is 11.2. The number of benzene rings is 1. The third-order valence-electron chi connectivity index (χ3n) is 2.31. The summed E-state index contributed by atoms with van der Waals surface area (Å²) in [5.41, 5.74) is 1.34. The molecule has 86 valence electrons. The van der Waals surface area contributed by atoms with Crippen molar-refractivity contribution in [3.8, 4) is 0 Å². The van der Waals surface area contributed by atoms with E-state index in [0.29, 0.717) is 0 Å². The fourth-order valence-corrected chi connectivity index (χ4v) is 1.48. The van der Waals surface area contributed by atoms with Gasteiger partial charge in [-0.05, 0) is 12.1 Å². The number of hydrogen-bond donors (Lipinski definition) is 0. The predicted octanol–water partition coefficient (Wildman–Crippen LogP) is 3.14. The van der Waals surface area contributed by atoms with Gasteiger partial charge < -0.3 is 0 Å². The minimum Gasteiger partial charge on any atom is -0.273 e. The Balaban J connectivity index is 0.00000128. The Kier molecular flexibility index (Phi) is 3.38. The maximum absolute atomic E-state index is 12.1. The van der Waals surface area contributed by atoms with E-state index < -0.39 is 0 Å². The molecule has 0 spiro atoms. The van der Waals surface area contributed by atoms with Crippen LogP contribution in [0.2, 0.25) is 0 Å². The number of hydrogen-bond acceptors (Lipinski definition) is 2. The van der Waals surface area contributed by atoms with Crippen molar-refractivity contribution in [1.82, 2.24) is 9.55 Å². The molecule has 2 rings (SSSR count). The molecule has 0 aliphatic heterocycles. The van der Waals surface area contributed by atoms with Crippen LogP contribution in [0.4, 0.5) is 0 Å². The van der Waals surface area contributed by atoms with Gasteiger partial charge in [0.2, 0.25) is 5.91 Å². The third-order valence-corrected chi connectivity index (χ3v) is 2.31. The minimum absolute atomic E-state index is 0. The maximum atomic E-state index is 12.1. The Hall–Kier alpha value is -1.35. The highest BCUT2D eigenvalue weighted by Gasteiger charge is 2.24. The van der Waals surface area contributed by atoms with Crippen molar-refractivity contribution < 1.29 is 4.79 Å². The SMILES string of the molecule is CC(C)(C)C(=O)n1cnc2ccccc21.Cl. The molecule has 1 heterocycles. The molecular formula is C12H15ClN2O. The van der Waals surface area contributed by atoms with Crippen LogP contribution in [0.1, 0.15) is 25.6 Å². The van der Waals surface area contributed by atoms with E-state index in [1.54, 1.807) is 10.9 Å². The van der Waals surface area contributed by atoms with Crippen LogP contribution < -0.4 is 0 Å². The molecule has 0 unspecified atom stereocenters. The van der Waals surface area contributed by atoms with Gasteiger partial charge in [0.15, 0.2) is 0 Å². The van der Waals surface area contributed by atoms with Gasteiger partial charge in [-0.15, -0.1) is 12.4 Å². The highest BCUT2D eigenvalue weighted by Crippen LogP contribution is 2.20. The lowest BCUT2D eigenvalue weighted by atomic mass is 9.95. The third kappa shape index (κ3) is 2.09. The number of halogens is 1. The summed E-state index contributed by atoms with van der Waals surface area (Å²) in [6.45, 7) is 5.72. The van der Waals surface area contributed by atoms with Gasteiger partial charge in [-0.3, -0.25) is 9.36 Å². The number of fused-ring (bicyclic) bond motifs is 1. The van der Waals surface area contributed by atoms with Gasteiger partial charge in [-0.2, -0.15) is 0 Å². The van der Waals surface area contributed by atoms with Crippen molar-refractivity contribution in [2.75, 3.05) is 0 Å². The topological polar surface area (TPSA) is 34.9 Å². The number of nitrogens with zero attached hydrogens (tertiary/aromatic N) is 2. The lowest BCUT2D eigenvalue weighted by Gasteiger charge is -2.16. The van der Waals surface area contributed by atoms with Crippen molar-refractivity contribution in [2.24, 2.45) is 5.41 Å². The summed E-state index contributed by atoms with van der Waals surface area (Å²) in [6.07, 6.45) is 1.60. The lowest BCUT2D eigenvalue weighted by Crippen LogP contribution is -2.25. The average molecular weight is 239 g/mol. The second kappa shape index (κ2) is 4.26. The van der Waals surface area contributed by atoms with Crippen LogP contribution in [0.3, 0.4) is 0 Å². The number of carbonyl (C=O) groups excluding carboxylic acids is 1. The molecule has 2 aromatic rings. The van der Waals surface area contributed by atoms with Crippen molar-refractivity contribution in [1.29, 1.82) is 0 Å². The van der Waals surface area contributed by atoms with Crippen molar-refractivity contribution >= 4 is 29.3 Å². The van der Waals surface area contributed by atoms with E-state index >= 15 is 0 Å². The van der Waals surface area contributed by atoms with E-state index in [0.717, 1.165) is 11.0 Å². The van der Waals surface area contributed by atoms with Crippen LogP contribution in [-0.2, 0) is 0 Å². The quantitative estimate of drug-likeness (QED) is 0.707. The van der Waals surface area contributed by atoms with Gasteiger partial charge in [0, 0.05) is 5.41 Å². The molecule has 3 nitrogen and oxygen atoms in total. The first-order valence-electron chi connectivity index (χ1n) is 4.97. The van der Waals surface area contributed by atoms with Crippen LogP contribution in [0.25, 0.3) is 11.0 Å². The van der Waals surface area contributed by atoms with Gasteiger partial charge in [0.05, 0.1) is 11.0 Å². The number of para-hydroxylation sites is 2. The molecule has 0 bridgehead atoms. The lowest BCUT2D eigenvalue weighted by molar-refractivity contribution is 0.0772. The Morgan fingerprint density at radius 1 is 1.25 bits per heavy atom. The number of carbonyl (C=O) groups is 1. The Labute approximate surface area is 101 Å². The van der Waals surface area contributed by atoms with Gasteiger partial charge in [-0.1, -0.05) is 32.9 Å². The van der Waals surface area contributed by atoms with Crippen LogP contribution in [0, 0.1) is 5.41 Å². The molecule has 4 heteroatoms. The second-order valence-corrected chi connectivity index (χ2v) is 4.66. The number of aromatic nitrogens is 2. The fraction of sp³-hybridized carbons (Fsp3) is 0.333. The van der Waals surface area contributed by atoms with E-state index in [4.69, 9.17) is 0 Å². The highest BCUT2D eigenvalue weighted by molar-refractivity contribution is 5.92. The monoisotopic (exact) mass is 238 g/mol. The van der Waals surface area contributed by atoms with Crippen LogP contribution in [0.5, 0.6) is 0 Å². The molecule has 0 saturated carbocycles. The second-order valence-electron chi connectivity index (χ2n) is 4.66. The largest absolute Gasteiger partial charge is 0.273 e. The summed E-state index contributed by atoms with van der Waals surface area (Å²) >= 11 is 0. The zero-order chi connectivity index (χ0) is 11.1. The number of imidazole rings is 1. The van der Waals surface area contributed by atoms with Gasteiger partial charge >= 0.3 is 0 Å². The molecule has 0 amide bonds. The average Bonchev–Trinajstić information content (AvgIpc) is 2.58. The van der Waals surface area contributed by atoms with Gasteiger partial charge in [0.25, 0.3) is 0 Å².